The van der Waals surface area contributed by atoms with E-state index in [-0.39, 0.29) is 17.6 Å². The third-order valence-corrected chi connectivity index (χ3v) is 7.07. The number of amides is 2. The van der Waals surface area contributed by atoms with Crippen LogP contribution in [-0.4, -0.2) is 38.9 Å². The van der Waals surface area contributed by atoms with Crippen LogP contribution >= 0.6 is 23.4 Å². The van der Waals surface area contributed by atoms with Gasteiger partial charge in [0.15, 0.2) is 5.16 Å². The maximum absolute atomic E-state index is 12.6. The lowest BCUT2D eigenvalue weighted by atomic mass is 10.2. The number of hydrogen-bond acceptors (Lipinski definition) is 5. The minimum Gasteiger partial charge on any atom is -0.325 e. The van der Waals surface area contributed by atoms with Crippen molar-refractivity contribution in [2.24, 2.45) is 0 Å². The van der Waals surface area contributed by atoms with Crippen molar-refractivity contribution in [1.29, 1.82) is 0 Å². The Balaban J connectivity index is 1.23. The van der Waals surface area contributed by atoms with Crippen LogP contribution in [0.15, 0.2) is 53.7 Å². The monoisotopic (exact) mass is 481 g/mol. The molecule has 2 aromatic carbocycles. The van der Waals surface area contributed by atoms with Crippen LogP contribution in [0, 0.1) is 0 Å². The highest BCUT2D eigenvalue weighted by Crippen LogP contribution is 2.40. The van der Waals surface area contributed by atoms with Crippen molar-refractivity contribution in [3.63, 3.8) is 0 Å². The van der Waals surface area contributed by atoms with Crippen LogP contribution in [0.3, 0.4) is 0 Å². The number of hydrogen-bond donors (Lipinski definition) is 1. The molecular weight excluding hydrogens is 458 g/mol. The molecule has 2 fully saturated rings. The zero-order valence-corrected chi connectivity index (χ0v) is 19.6. The first-order valence-electron chi connectivity index (χ1n) is 11.1. The molecule has 2 aliphatic rings. The van der Waals surface area contributed by atoms with Gasteiger partial charge in [-0.25, -0.2) is 0 Å². The molecule has 1 N–H and O–H groups in total. The lowest BCUT2D eigenvalue weighted by Crippen LogP contribution is -2.24. The molecule has 0 atom stereocenters. The van der Waals surface area contributed by atoms with Crippen molar-refractivity contribution in [1.82, 2.24) is 14.8 Å². The summed E-state index contributed by atoms with van der Waals surface area (Å²) in [6.45, 7) is 1.36. The molecule has 170 valence electrons. The number of halogens is 1. The molecule has 0 unspecified atom stereocenters. The number of carbonyl (C=O) groups excluding carboxylic acids is 2. The standard InChI is InChI=1S/C24H24ClN5O2S/c25-19-13-18(10-11-20(19)29-12-4-7-22(29)32)26-21(31)15-33-24-28-27-23(17-8-9-17)30(24)14-16-5-2-1-3-6-16/h1-3,5-6,10-11,13,17H,4,7-9,12,14-15H2,(H,26,31). The average Bonchev–Trinajstić information content (AvgIpc) is 3.45. The number of benzene rings is 2. The maximum Gasteiger partial charge on any atom is 0.234 e. The van der Waals surface area contributed by atoms with E-state index in [0.29, 0.717) is 41.8 Å². The molecule has 9 heteroatoms. The fourth-order valence-electron chi connectivity index (χ4n) is 4.00. The summed E-state index contributed by atoms with van der Waals surface area (Å²) >= 11 is 7.77. The van der Waals surface area contributed by atoms with Gasteiger partial charge in [-0.05, 0) is 43.0 Å². The normalized spacial score (nSPS) is 15.8. The van der Waals surface area contributed by atoms with Gasteiger partial charge in [-0.3, -0.25) is 9.59 Å². The summed E-state index contributed by atoms with van der Waals surface area (Å²) in [6, 6.07) is 15.5. The predicted octanol–water partition coefficient (Wildman–Crippen LogP) is 4.71. The first kappa shape index (κ1) is 22.0. The van der Waals surface area contributed by atoms with Crippen LogP contribution in [-0.2, 0) is 16.1 Å². The first-order chi connectivity index (χ1) is 16.1. The van der Waals surface area contributed by atoms with Crippen LogP contribution in [0.5, 0.6) is 0 Å². The Kier molecular flexibility index (Phi) is 6.37. The fraction of sp³-hybridized carbons (Fsp3) is 0.333. The van der Waals surface area contributed by atoms with Crippen LogP contribution in [0.4, 0.5) is 11.4 Å². The highest BCUT2D eigenvalue weighted by atomic mass is 35.5. The van der Waals surface area contributed by atoms with Gasteiger partial charge in [-0.15, -0.1) is 10.2 Å². The third-order valence-electron chi connectivity index (χ3n) is 5.80. The third kappa shape index (κ3) is 5.07. The van der Waals surface area contributed by atoms with Gasteiger partial charge in [0.05, 0.1) is 23.0 Å². The van der Waals surface area contributed by atoms with E-state index in [0.717, 1.165) is 30.2 Å². The summed E-state index contributed by atoms with van der Waals surface area (Å²) in [5.41, 5.74) is 2.47. The van der Waals surface area contributed by atoms with Gasteiger partial charge in [0, 0.05) is 24.6 Å². The largest absolute Gasteiger partial charge is 0.325 e. The molecule has 2 heterocycles. The Labute approximate surface area is 201 Å². The lowest BCUT2D eigenvalue weighted by molar-refractivity contribution is -0.117. The predicted molar refractivity (Wildman–Crippen MR) is 130 cm³/mol. The van der Waals surface area contributed by atoms with Crippen molar-refractivity contribution in [2.75, 3.05) is 22.5 Å². The van der Waals surface area contributed by atoms with E-state index < -0.39 is 0 Å². The summed E-state index contributed by atoms with van der Waals surface area (Å²) in [7, 11) is 0. The van der Waals surface area contributed by atoms with Gasteiger partial charge < -0.3 is 14.8 Å². The van der Waals surface area contributed by atoms with E-state index in [9.17, 15) is 9.59 Å². The van der Waals surface area contributed by atoms with Crippen LogP contribution < -0.4 is 10.2 Å². The Morgan fingerprint density at radius 2 is 1.97 bits per heavy atom. The van der Waals surface area contributed by atoms with Crippen molar-refractivity contribution >= 4 is 46.6 Å². The number of thioether (sulfide) groups is 1. The quantitative estimate of drug-likeness (QED) is 0.471. The molecule has 5 rings (SSSR count). The molecular formula is C24H24ClN5O2S. The Morgan fingerprint density at radius 3 is 2.67 bits per heavy atom. The van der Waals surface area contributed by atoms with Crippen molar-refractivity contribution < 1.29 is 9.59 Å². The minimum atomic E-state index is -0.150. The van der Waals surface area contributed by atoms with Crippen molar-refractivity contribution in [2.45, 2.75) is 43.3 Å². The van der Waals surface area contributed by atoms with E-state index in [4.69, 9.17) is 11.6 Å². The summed E-state index contributed by atoms with van der Waals surface area (Å²) in [5.74, 6) is 1.60. The molecule has 0 bridgehead atoms. The van der Waals surface area contributed by atoms with Gasteiger partial charge in [0.2, 0.25) is 11.8 Å². The lowest BCUT2D eigenvalue weighted by Gasteiger charge is -2.18. The number of nitrogens with zero attached hydrogens (tertiary/aromatic N) is 4. The topological polar surface area (TPSA) is 80.1 Å². The van der Waals surface area contributed by atoms with Gasteiger partial charge in [-0.2, -0.15) is 0 Å². The number of aromatic nitrogens is 3. The number of carbonyl (C=O) groups is 2. The minimum absolute atomic E-state index is 0.0790. The molecule has 0 radical (unpaired) electrons. The molecule has 33 heavy (non-hydrogen) atoms. The number of nitrogens with one attached hydrogen (secondary N) is 1. The van der Waals surface area contributed by atoms with Gasteiger partial charge in [-0.1, -0.05) is 53.7 Å². The van der Waals surface area contributed by atoms with E-state index in [1.807, 2.05) is 18.2 Å². The molecule has 1 saturated carbocycles. The highest BCUT2D eigenvalue weighted by molar-refractivity contribution is 7.99. The van der Waals surface area contributed by atoms with Crippen LogP contribution in [0.25, 0.3) is 0 Å². The summed E-state index contributed by atoms with van der Waals surface area (Å²) < 4.78 is 2.13. The SMILES string of the molecule is O=C(CSc1nnc(C2CC2)n1Cc1ccccc1)Nc1ccc(N2CCCC2=O)c(Cl)c1. The zero-order chi connectivity index (χ0) is 22.8. The second-order valence-corrected chi connectivity index (χ2v) is 9.69. The van der Waals surface area contributed by atoms with Gasteiger partial charge >= 0.3 is 0 Å². The molecule has 1 saturated heterocycles. The zero-order valence-electron chi connectivity index (χ0n) is 18.0. The van der Waals surface area contributed by atoms with E-state index in [2.05, 4.69) is 32.2 Å². The molecule has 3 aromatic rings. The molecule has 7 nitrogen and oxygen atoms in total. The fourth-order valence-corrected chi connectivity index (χ4v) is 5.03. The van der Waals surface area contributed by atoms with Crippen molar-refractivity contribution in [3.8, 4) is 0 Å². The highest BCUT2D eigenvalue weighted by Gasteiger charge is 2.30. The smallest absolute Gasteiger partial charge is 0.234 e. The summed E-state index contributed by atoms with van der Waals surface area (Å²) in [6.07, 6.45) is 3.65. The summed E-state index contributed by atoms with van der Waals surface area (Å²) in [4.78, 5) is 26.3. The Bertz CT molecular complexity index is 1180. The summed E-state index contributed by atoms with van der Waals surface area (Å²) in [5, 5.41) is 12.9. The van der Waals surface area contributed by atoms with Gasteiger partial charge in [0.1, 0.15) is 5.82 Å². The number of rotatable bonds is 8. The molecule has 0 spiro atoms. The number of anilines is 2. The average molecular weight is 482 g/mol. The molecule has 1 aromatic heterocycles. The van der Waals surface area contributed by atoms with Crippen LogP contribution in [0.1, 0.15) is 43.0 Å². The van der Waals surface area contributed by atoms with E-state index in [1.54, 1.807) is 23.1 Å². The molecule has 2 amide bonds. The second-order valence-electron chi connectivity index (χ2n) is 8.34. The maximum atomic E-state index is 12.6. The second kappa shape index (κ2) is 9.57. The first-order valence-corrected chi connectivity index (χ1v) is 12.4. The van der Waals surface area contributed by atoms with Crippen molar-refractivity contribution in [3.05, 3.63) is 64.9 Å². The van der Waals surface area contributed by atoms with E-state index in [1.165, 1.54) is 17.3 Å². The van der Waals surface area contributed by atoms with Crippen LogP contribution in [0.2, 0.25) is 5.02 Å². The van der Waals surface area contributed by atoms with E-state index >= 15 is 0 Å². The molecule has 1 aliphatic heterocycles. The Morgan fingerprint density at radius 1 is 1.15 bits per heavy atom. The van der Waals surface area contributed by atoms with Gasteiger partial charge in [0.25, 0.3) is 0 Å². The Hall–Kier alpha value is -2.84. The molecule has 1 aliphatic carbocycles.